The first-order valence-corrected chi connectivity index (χ1v) is 9.00. The van der Waals surface area contributed by atoms with Gasteiger partial charge in [-0.25, -0.2) is 0 Å². The number of nitrogens with zero attached hydrogens (tertiary/aromatic N) is 1. The summed E-state index contributed by atoms with van der Waals surface area (Å²) in [4.78, 5) is 4.63. The monoisotopic (exact) mass is 321 g/mol. The third kappa shape index (κ3) is 8.65. The summed E-state index contributed by atoms with van der Waals surface area (Å²) in [7, 11) is 0. The van der Waals surface area contributed by atoms with Crippen molar-refractivity contribution in [2.45, 2.75) is 45.4 Å². The summed E-state index contributed by atoms with van der Waals surface area (Å²) in [5.41, 5.74) is 0. The third-order valence-corrected chi connectivity index (χ3v) is 3.83. The minimum atomic E-state index is 0.798. The average molecular weight is 321 g/mol. The van der Waals surface area contributed by atoms with Gasteiger partial charge < -0.3 is 19.8 Å². The SMILES string of the molecule is CCCCNC(=NCCCOCC1CC1)NCCc1ccco1. The number of nitrogens with one attached hydrogen (secondary N) is 2. The molecule has 0 aliphatic heterocycles. The molecule has 0 spiro atoms. The topological polar surface area (TPSA) is 58.8 Å². The van der Waals surface area contributed by atoms with Crippen molar-refractivity contribution in [2.75, 3.05) is 32.8 Å². The number of unbranched alkanes of at least 4 members (excludes halogenated alkanes) is 1. The molecule has 0 unspecified atom stereocenters. The number of furan rings is 1. The van der Waals surface area contributed by atoms with Crippen LogP contribution in [-0.2, 0) is 11.2 Å². The second kappa shape index (κ2) is 11.1. The third-order valence-electron chi connectivity index (χ3n) is 3.83. The average Bonchev–Trinajstić information content (AvgIpc) is 3.24. The Hall–Kier alpha value is -1.49. The van der Waals surface area contributed by atoms with Crippen LogP contribution in [-0.4, -0.2) is 38.8 Å². The van der Waals surface area contributed by atoms with Gasteiger partial charge in [0.15, 0.2) is 5.96 Å². The van der Waals surface area contributed by atoms with Crippen LogP contribution in [0.5, 0.6) is 0 Å². The molecule has 0 bridgehead atoms. The first-order valence-electron chi connectivity index (χ1n) is 9.00. The summed E-state index contributed by atoms with van der Waals surface area (Å²) in [6, 6.07) is 3.92. The van der Waals surface area contributed by atoms with E-state index in [9.17, 15) is 0 Å². The van der Waals surface area contributed by atoms with E-state index in [0.29, 0.717) is 0 Å². The Morgan fingerprint density at radius 2 is 2.17 bits per heavy atom. The molecule has 1 fully saturated rings. The van der Waals surface area contributed by atoms with Crippen LogP contribution in [0.3, 0.4) is 0 Å². The fraction of sp³-hybridized carbons (Fsp3) is 0.722. The van der Waals surface area contributed by atoms with Gasteiger partial charge in [-0.2, -0.15) is 0 Å². The van der Waals surface area contributed by atoms with Gasteiger partial charge >= 0.3 is 0 Å². The van der Waals surface area contributed by atoms with Gasteiger partial charge in [0.2, 0.25) is 0 Å². The van der Waals surface area contributed by atoms with Gasteiger partial charge in [-0.15, -0.1) is 0 Å². The zero-order valence-electron chi connectivity index (χ0n) is 14.4. The highest BCUT2D eigenvalue weighted by molar-refractivity contribution is 5.79. The summed E-state index contributed by atoms with van der Waals surface area (Å²) in [5.74, 6) is 2.74. The number of guanidine groups is 1. The lowest BCUT2D eigenvalue weighted by Crippen LogP contribution is -2.39. The standard InChI is InChI=1S/C18H31N3O2/c1-2-3-10-19-18(21-12-9-17-6-4-14-23-17)20-11-5-13-22-15-16-7-8-16/h4,6,14,16H,2-3,5,7-13,15H2,1H3,(H2,19,20,21). The van der Waals surface area contributed by atoms with Crippen molar-refractivity contribution in [1.82, 2.24) is 10.6 Å². The summed E-state index contributed by atoms with van der Waals surface area (Å²) >= 11 is 0. The van der Waals surface area contributed by atoms with Crippen molar-refractivity contribution in [3.63, 3.8) is 0 Å². The highest BCUT2D eigenvalue weighted by Crippen LogP contribution is 2.28. The maximum Gasteiger partial charge on any atom is 0.191 e. The van der Waals surface area contributed by atoms with Crippen LogP contribution < -0.4 is 10.6 Å². The van der Waals surface area contributed by atoms with Crippen LogP contribution in [0.1, 0.15) is 44.8 Å². The molecule has 0 aromatic carbocycles. The second-order valence-electron chi connectivity index (χ2n) is 6.14. The van der Waals surface area contributed by atoms with E-state index in [1.54, 1.807) is 6.26 Å². The van der Waals surface area contributed by atoms with Crippen molar-refractivity contribution in [2.24, 2.45) is 10.9 Å². The molecule has 1 heterocycles. The van der Waals surface area contributed by atoms with Gasteiger partial charge in [0.25, 0.3) is 0 Å². The van der Waals surface area contributed by atoms with Crippen LogP contribution in [0.25, 0.3) is 0 Å². The second-order valence-corrected chi connectivity index (χ2v) is 6.14. The smallest absolute Gasteiger partial charge is 0.191 e. The molecule has 1 aromatic rings. The van der Waals surface area contributed by atoms with E-state index in [0.717, 1.165) is 69.7 Å². The minimum Gasteiger partial charge on any atom is -0.469 e. The van der Waals surface area contributed by atoms with E-state index in [-0.39, 0.29) is 0 Å². The fourth-order valence-electron chi connectivity index (χ4n) is 2.21. The highest BCUT2D eigenvalue weighted by atomic mass is 16.5. The van der Waals surface area contributed by atoms with Crippen molar-refractivity contribution in [3.05, 3.63) is 24.2 Å². The maximum absolute atomic E-state index is 5.65. The summed E-state index contributed by atoms with van der Waals surface area (Å²) in [5, 5.41) is 6.76. The Morgan fingerprint density at radius 3 is 2.91 bits per heavy atom. The zero-order chi connectivity index (χ0) is 16.2. The van der Waals surface area contributed by atoms with Gasteiger partial charge in [-0.05, 0) is 43.7 Å². The largest absolute Gasteiger partial charge is 0.469 e. The van der Waals surface area contributed by atoms with E-state index in [1.807, 2.05) is 12.1 Å². The van der Waals surface area contributed by atoms with E-state index in [1.165, 1.54) is 19.3 Å². The van der Waals surface area contributed by atoms with Crippen molar-refractivity contribution in [1.29, 1.82) is 0 Å². The predicted molar refractivity (Wildman–Crippen MR) is 93.8 cm³/mol. The summed E-state index contributed by atoms with van der Waals surface area (Å²) in [6.07, 6.45) is 8.60. The molecule has 0 radical (unpaired) electrons. The molecule has 1 aliphatic rings. The lowest BCUT2D eigenvalue weighted by Gasteiger charge is -2.12. The highest BCUT2D eigenvalue weighted by Gasteiger charge is 2.20. The summed E-state index contributed by atoms with van der Waals surface area (Å²) in [6.45, 7) is 6.53. The molecular weight excluding hydrogens is 290 g/mol. The number of rotatable bonds is 12. The van der Waals surface area contributed by atoms with Gasteiger partial charge in [0.1, 0.15) is 5.76 Å². The molecular formula is C18H31N3O2. The molecule has 5 nitrogen and oxygen atoms in total. The first kappa shape index (κ1) is 17.9. The first-order chi connectivity index (χ1) is 11.4. The van der Waals surface area contributed by atoms with E-state index in [4.69, 9.17) is 9.15 Å². The van der Waals surface area contributed by atoms with Crippen molar-refractivity contribution in [3.8, 4) is 0 Å². The van der Waals surface area contributed by atoms with Crippen molar-refractivity contribution >= 4 is 5.96 Å². The Labute approximate surface area is 139 Å². The quantitative estimate of drug-likeness (QED) is 0.353. The normalized spacial score (nSPS) is 14.9. The molecule has 2 rings (SSSR count). The van der Waals surface area contributed by atoms with Gasteiger partial charge in [-0.1, -0.05) is 13.3 Å². The van der Waals surface area contributed by atoms with E-state index >= 15 is 0 Å². The molecule has 0 atom stereocenters. The van der Waals surface area contributed by atoms with E-state index in [2.05, 4.69) is 22.5 Å². The Bertz CT molecular complexity index is 427. The zero-order valence-corrected chi connectivity index (χ0v) is 14.4. The molecule has 5 heteroatoms. The molecule has 0 amide bonds. The van der Waals surface area contributed by atoms with Gasteiger partial charge in [0.05, 0.1) is 6.26 Å². The number of ether oxygens (including phenoxy) is 1. The Morgan fingerprint density at radius 1 is 1.30 bits per heavy atom. The van der Waals surface area contributed by atoms with Crippen LogP contribution >= 0.6 is 0 Å². The molecule has 23 heavy (non-hydrogen) atoms. The predicted octanol–water partition coefficient (Wildman–Crippen LogP) is 2.97. The molecule has 1 aliphatic carbocycles. The van der Waals surface area contributed by atoms with E-state index < -0.39 is 0 Å². The Balaban J connectivity index is 1.60. The minimum absolute atomic E-state index is 0.798. The Kier molecular flexibility index (Phi) is 8.62. The number of hydrogen-bond acceptors (Lipinski definition) is 3. The van der Waals surface area contributed by atoms with Crippen LogP contribution in [0.4, 0.5) is 0 Å². The number of aliphatic imine (C=N–C) groups is 1. The summed E-state index contributed by atoms with van der Waals surface area (Å²) < 4.78 is 11.0. The molecule has 2 N–H and O–H groups in total. The fourth-order valence-corrected chi connectivity index (χ4v) is 2.21. The number of hydrogen-bond donors (Lipinski definition) is 2. The van der Waals surface area contributed by atoms with Gasteiger partial charge in [0, 0.05) is 39.3 Å². The van der Waals surface area contributed by atoms with Crippen LogP contribution in [0.2, 0.25) is 0 Å². The lowest BCUT2D eigenvalue weighted by atomic mass is 10.3. The molecule has 1 saturated carbocycles. The van der Waals surface area contributed by atoms with Crippen molar-refractivity contribution < 1.29 is 9.15 Å². The molecule has 1 aromatic heterocycles. The van der Waals surface area contributed by atoms with Crippen LogP contribution in [0, 0.1) is 5.92 Å². The molecule has 0 saturated heterocycles. The lowest BCUT2D eigenvalue weighted by molar-refractivity contribution is 0.123. The van der Waals surface area contributed by atoms with Gasteiger partial charge in [-0.3, -0.25) is 4.99 Å². The molecule has 130 valence electrons. The van der Waals surface area contributed by atoms with Crippen LogP contribution in [0.15, 0.2) is 27.8 Å². The maximum atomic E-state index is 5.65.